The van der Waals surface area contributed by atoms with E-state index in [0.29, 0.717) is 0 Å². The molecule has 0 radical (unpaired) electrons. The molecule has 93 heavy (non-hydrogen) atoms. The van der Waals surface area contributed by atoms with Crippen molar-refractivity contribution in [1.29, 1.82) is 0 Å². The summed E-state index contributed by atoms with van der Waals surface area (Å²) in [5.74, 6) is 1.73. The first-order valence-electron chi connectivity index (χ1n) is 32.1. The summed E-state index contributed by atoms with van der Waals surface area (Å²) in [5, 5.41) is 9.73. The van der Waals surface area contributed by atoms with E-state index < -0.39 is 0 Å². The maximum atomic E-state index is 6.37. The van der Waals surface area contributed by atoms with Crippen molar-refractivity contribution < 1.29 is 9.47 Å². The lowest BCUT2D eigenvalue weighted by Crippen LogP contribution is -2.09. The molecule has 0 aliphatic heterocycles. The summed E-state index contributed by atoms with van der Waals surface area (Å²) >= 11 is 4.92. The van der Waals surface area contributed by atoms with Crippen LogP contribution in [-0.4, -0.2) is 21.0 Å². The van der Waals surface area contributed by atoms with E-state index in [4.69, 9.17) is 18.2 Å². The number of benzene rings is 13. The Morgan fingerprint density at radius 1 is 0.290 bits per heavy atom. The van der Waals surface area contributed by atoms with E-state index in [1.807, 2.05) is 22.7 Å². The molecule has 16 aromatic rings. The average Bonchev–Trinajstić information content (AvgIpc) is 1.77. The first-order valence-corrected chi connectivity index (χ1v) is 34.5. The third-order valence-corrected chi connectivity index (χ3v) is 21.3. The van der Waals surface area contributed by atoms with E-state index in [1.165, 1.54) is 86.8 Å². The van der Waals surface area contributed by atoms with Gasteiger partial charge in [-0.05, 0) is 209 Å². The molecular weight excluding hydrogens is 1190 g/mol. The van der Waals surface area contributed by atoms with Gasteiger partial charge in [0.15, 0.2) is 0 Å². The summed E-state index contributed by atoms with van der Waals surface area (Å²) in [4.78, 5) is 4.58. The van der Waals surface area contributed by atoms with Crippen LogP contribution in [0.2, 0.25) is 0 Å². The van der Waals surface area contributed by atoms with Gasteiger partial charge in [0.2, 0.25) is 0 Å². The van der Waals surface area contributed by atoms with Crippen LogP contribution in [0.5, 0.6) is 11.5 Å². The summed E-state index contributed by atoms with van der Waals surface area (Å²) in [6, 6.07) is 103. The van der Waals surface area contributed by atoms with Gasteiger partial charge in [-0.25, -0.2) is 0 Å². The highest BCUT2D eigenvalue weighted by atomic mass is 32.1. The molecule has 0 saturated heterocycles. The van der Waals surface area contributed by atoms with Crippen LogP contribution in [0.25, 0.3) is 163 Å². The topological polar surface area (TPSA) is 44.2 Å². The van der Waals surface area contributed by atoms with Crippen molar-refractivity contribution in [2.45, 2.75) is 52.7 Å². The van der Waals surface area contributed by atoms with Crippen molar-refractivity contribution in [2.24, 2.45) is 0 Å². The fourth-order valence-electron chi connectivity index (χ4n) is 13.3. The van der Waals surface area contributed by atoms with Gasteiger partial charge in [-0.1, -0.05) is 220 Å². The van der Waals surface area contributed by atoms with E-state index in [1.54, 1.807) is 0 Å². The monoisotopic (exact) mass is 1250 g/mol. The number of nitrogens with zero attached hydrogens (tertiary/aromatic N) is 2. The maximum absolute atomic E-state index is 6.37. The van der Waals surface area contributed by atoms with Gasteiger partial charge < -0.3 is 9.47 Å². The lowest BCUT2D eigenvalue weighted by molar-refractivity contribution is 0.217. The quantitative estimate of drug-likeness (QED) is 0.0967. The second-order valence-corrected chi connectivity index (χ2v) is 26.9. The Morgan fingerprint density at radius 3 is 0.914 bits per heavy atom. The molecule has 448 valence electrons. The fraction of sp³-hybridized carbons (Fsp3) is 0.0930. The number of hydrogen-bond donors (Lipinski definition) is 0. The second kappa shape index (κ2) is 24.7. The molecule has 0 amide bonds. The van der Waals surface area contributed by atoms with Gasteiger partial charge in [0.1, 0.15) is 22.5 Å². The molecule has 2 unspecified atom stereocenters. The van der Waals surface area contributed by atoms with Gasteiger partial charge in [0.25, 0.3) is 0 Å². The summed E-state index contributed by atoms with van der Waals surface area (Å²) in [6.07, 6.45) is 2.06. The van der Waals surface area contributed by atoms with Gasteiger partial charge in [-0.2, -0.15) is 8.75 Å². The predicted molar refractivity (Wildman–Crippen MR) is 398 cm³/mol. The highest BCUT2D eigenvalue weighted by molar-refractivity contribution is 7.20. The molecule has 13 aromatic carbocycles. The van der Waals surface area contributed by atoms with Gasteiger partial charge >= 0.3 is 0 Å². The van der Waals surface area contributed by atoms with Crippen LogP contribution in [0.1, 0.15) is 40.5 Å². The first-order chi connectivity index (χ1) is 45.8. The lowest BCUT2D eigenvalue weighted by Gasteiger charge is -2.15. The Hall–Kier alpha value is -10.3. The smallest absolute Gasteiger partial charge is 0.119 e. The van der Waals surface area contributed by atoms with Gasteiger partial charge in [-0.3, -0.25) is 0 Å². The molecule has 4 nitrogen and oxygen atoms in total. The predicted octanol–water partition coefficient (Wildman–Crippen LogP) is 25.5. The van der Waals surface area contributed by atoms with Crippen LogP contribution < -0.4 is 9.47 Å². The van der Waals surface area contributed by atoms with E-state index in [-0.39, 0.29) is 12.2 Å². The Labute approximate surface area is 554 Å². The number of fused-ring (bicyclic) bond motifs is 5. The first kappa shape index (κ1) is 57.8. The zero-order valence-electron chi connectivity index (χ0n) is 52.1. The van der Waals surface area contributed by atoms with Crippen molar-refractivity contribution in [3.05, 3.63) is 279 Å². The van der Waals surface area contributed by atoms with Crippen LogP contribution in [-0.2, 0) is 0 Å². The Morgan fingerprint density at radius 2 is 0.591 bits per heavy atom. The SMILES string of the molecule is CCC(C)Oc1ccc(-c2cc(-c3ccc(-c4cc(-c5ccc(OC(C)CC)cc5)c(-c5cc(-c6cccc7ccccc67)cc(-c6cccc7ccccc67)c5)s4)c4nsnc34)sc2-c2cc(-c3cccc4ccccc34)cc(-c3cccc4ccccc34)c2)cc1. The number of aromatic nitrogens is 2. The normalized spacial score (nSPS) is 12.3. The molecule has 0 aliphatic rings. The molecule has 3 heterocycles. The van der Waals surface area contributed by atoms with Crippen molar-refractivity contribution >= 4 is 88.5 Å². The zero-order chi connectivity index (χ0) is 62.5. The highest BCUT2D eigenvalue weighted by Gasteiger charge is 2.25. The molecule has 16 rings (SSSR count). The zero-order valence-corrected chi connectivity index (χ0v) is 54.5. The van der Waals surface area contributed by atoms with Crippen LogP contribution in [0, 0.1) is 0 Å². The molecule has 0 N–H and O–H groups in total. The van der Waals surface area contributed by atoms with E-state index >= 15 is 0 Å². The van der Waals surface area contributed by atoms with E-state index in [0.717, 1.165) is 112 Å². The van der Waals surface area contributed by atoms with Gasteiger partial charge in [0, 0.05) is 41.8 Å². The molecule has 0 fully saturated rings. The van der Waals surface area contributed by atoms with E-state index in [9.17, 15) is 0 Å². The Balaban J connectivity index is 0.879. The summed E-state index contributed by atoms with van der Waals surface area (Å²) < 4.78 is 23.2. The molecule has 7 heteroatoms. The number of hydrogen-bond acceptors (Lipinski definition) is 7. The largest absolute Gasteiger partial charge is 0.491 e. The number of rotatable bonds is 16. The molecule has 2 atom stereocenters. The molecule has 0 spiro atoms. The van der Waals surface area contributed by atoms with Crippen LogP contribution in [0.15, 0.2) is 279 Å². The van der Waals surface area contributed by atoms with Crippen molar-refractivity contribution in [1.82, 2.24) is 8.75 Å². The summed E-state index contributed by atoms with van der Waals surface area (Å²) in [7, 11) is 0. The third-order valence-electron chi connectivity index (χ3n) is 18.4. The fourth-order valence-corrected chi connectivity index (χ4v) is 16.2. The minimum absolute atomic E-state index is 0.106. The van der Waals surface area contributed by atoms with Gasteiger partial charge in [0.05, 0.1) is 23.9 Å². The lowest BCUT2D eigenvalue weighted by atomic mass is 9.90. The van der Waals surface area contributed by atoms with Crippen molar-refractivity contribution in [3.63, 3.8) is 0 Å². The van der Waals surface area contributed by atoms with Crippen molar-refractivity contribution in [3.8, 4) is 120 Å². The Kier molecular flexibility index (Phi) is 15.4. The molecule has 0 bridgehead atoms. The van der Waals surface area contributed by atoms with E-state index in [2.05, 4.69) is 307 Å². The van der Waals surface area contributed by atoms with Crippen LogP contribution in [0.4, 0.5) is 0 Å². The van der Waals surface area contributed by atoms with Gasteiger partial charge in [-0.15, -0.1) is 22.7 Å². The number of ether oxygens (including phenoxy) is 2. The second-order valence-electron chi connectivity index (χ2n) is 24.3. The minimum atomic E-state index is 0.106. The molecular formula is C86H64N2O2S3. The van der Waals surface area contributed by atoms with Crippen LogP contribution in [0.3, 0.4) is 0 Å². The number of thiophene rings is 2. The minimum Gasteiger partial charge on any atom is -0.491 e. The maximum Gasteiger partial charge on any atom is 0.119 e. The molecule has 0 saturated carbocycles. The molecule has 0 aliphatic carbocycles. The molecule has 3 aromatic heterocycles. The van der Waals surface area contributed by atoms with Crippen LogP contribution >= 0.6 is 34.4 Å². The summed E-state index contributed by atoms with van der Waals surface area (Å²) in [5.41, 5.74) is 20.1. The average molecular weight is 1250 g/mol. The third kappa shape index (κ3) is 11.1. The summed E-state index contributed by atoms with van der Waals surface area (Å²) in [6.45, 7) is 8.57. The Bertz CT molecular complexity index is 4930. The van der Waals surface area contributed by atoms with Crippen molar-refractivity contribution in [2.75, 3.05) is 0 Å². The highest BCUT2D eigenvalue weighted by Crippen LogP contribution is 2.52. The standard InChI is InChI=1S/C86H64N2O2S3/c1-5-53(3)89-67-39-35-59(36-40-67)79-51-81(91-85(79)65-47-61(73-31-15-23-55-19-7-11-27-69(55)73)45-62(48-65)74-32-16-24-56-20-8-12-28-70(56)74)77-43-44-78(84-83(77)87-93-88-84)82-52-80(60-37-41-68(42-38-60)90-54(4)6-2)86(92-82)66-49-63(75-33-17-25-57-21-9-13-29-71(57)75)46-64(50-66)76-34-18-26-58-22-10-14-30-72(58)76/h7-54H,5-6H2,1-4H3.